The number of aliphatic hydroxyl groups excluding tert-OH is 4. The average Bonchev–Trinajstić information content (AvgIpc) is 2.96. The molecule has 0 aromatic carbocycles. The van der Waals surface area contributed by atoms with Crippen LogP contribution in [0.5, 0.6) is 0 Å². The third-order valence-electron chi connectivity index (χ3n) is 3.37. The Morgan fingerprint density at radius 2 is 2.14 bits per heavy atom. The van der Waals surface area contributed by atoms with Crippen molar-refractivity contribution in [3.8, 4) is 0 Å². The molecule has 10 nitrogen and oxygen atoms in total. The molecule has 0 bridgehead atoms. The number of ether oxygens (including phenoxy) is 1. The van der Waals surface area contributed by atoms with E-state index in [2.05, 4.69) is 15.6 Å². The van der Waals surface area contributed by atoms with Crippen LogP contribution in [0.15, 0.2) is 6.20 Å². The summed E-state index contributed by atoms with van der Waals surface area (Å²) in [6, 6.07) is -1.56. The summed E-state index contributed by atoms with van der Waals surface area (Å²) in [4.78, 5) is 12.0. The molecule has 0 saturated carbocycles. The summed E-state index contributed by atoms with van der Waals surface area (Å²) in [5, 5.41) is 47.3. The van der Waals surface area contributed by atoms with Crippen molar-refractivity contribution in [1.82, 2.24) is 20.3 Å². The maximum absolute atomic E-state index is 12.0. The third-order valence-corrected chi connectivity index (χ3v) is 3.37. The molecular formula is C11H18N4O6. The number of aliphatic hydroxyl groups is 4. The monoisotopic (exact) mass is 302 g/mol. The zero-order valence-corrected chi connectivity index (χ0v) is 11.3. The van der Waals surface area contributed by atoms with Crippen LogP contribution in [-0.4, -0.2) is 78.5 Å². The summed E-state index contributed by atoms with van der Waals surface area (Å²) in [6.07, 6.45) is -2.90. The van der Waals surface area contributed by atoms with Crippen LogP contribution in [0.1, 0.15) is 12.6 Å². The second-order valence-corrected chi connectivity index (χ2v) is 4.83. The molecule has 118 valence electrons. The normalized spacial score (nSPS) is 32.9. The lowest BCUT2D eigenvalue weighted by Gasteiger charge is -2.41. The molecule has 1 aliphatic rings. The fourth-order valence-electron chi connectivity index (χ4n) is 2.18. The molecule has 0 unspecified atom stereocenters. The van der Waals surface area contributed by atoms with E-state index in [0.29, 0.717) is 0 Å². The van der Waals surface area contributed by atoms with Crippen LogP contribution in [-0.2, 0) is 11.3 Å². The number of carbonyl (C=O) groups is 1. The molecule has 1 aromatic heterocycles. The topological polar surface area (TPSA) is 150 Å². The van der Waals surface area contributed by atoms with E-state index in [9.17, 15) is 15.0 Å². The molecule has 10 heteroatoms. The summed E-state index contributed by atoms with van der Waals surface area (Å²) in [5.41, 5.74) is 0.221. The first-order valence-corrected chi connectivity index (χ1v) is 6.43. The van der Waals surface area contributed by atoms with Gasteiger partial charge in [-0.15, -0.1) is 5.10 Å². The Morgan fingerprint density at radius 3 is 2.71 bits per heavy atom. The van der Waals surface area contributed by atoms with E-state index in [4.69, 9.17) is 14.9 Å². The highest BCUT2D eigenvalue weighted by Gasteiger charge is 2.43. The minimum atomic E-state index is -1.32. The summed E-state index contributed by atoms with van der Waals surface area (Å²) in [5.74, 6) is 0. The molecule has 1 saturated heterocycles. The van der Waals surface area contributed by atoms with Crippen LogP contribution >= 0.6 is 0 Å². The fraction of sp³-hybridized carbons (Fsp3) is 0.727. The largest absolute Gasteiger partial charge is 0.394 e. The maximum Gasteiger partial charge on any atom is 0.343 e. The van der Waals surface area contributed by atoms with Gasteiger partial charge in [0, 0.05) is 0 Å². The standard InChI is InChI=1S/C11H18N4O6/c1-5-8(10(19)9(18)7(4-17)21-5)12-11(20)15-2-6(3-16)13-14-15/h2,5,7-10,16-19H,3-4H2,1H3,(H,12,20)/t5-,7+,8-,9-,10+/m0/s1. The van der Waals surface area contributed by atoms with E-state index in [1.54, 1.807) is 6.92 Å². The lowest BCUT2D eigenvalue weighted by atomic mass is 9.94. The molecule has 0 spiro atoms. The Morgan fingerprint density at radius 1 is 1.43 bits per heavy atom. The van der Waals surface area contributed by atoms with Crippen molar-refractivity contribution in [2.24, 2.45) is 0 Å². The van der Waals surface area contributed by atoms with Crippen molar-refractivity contribution in [2.75, 3.05) is 6.61 Å². The predicted octanol–water partition coefficient (Wildman–Crippen LogP) is -2.80. The zero-order valence-electron chi connectivity index (χ0n) is 11.3. The highest BCUT2D eigenvalue weighted by atomic mass is 16.5. The van der Waals surface area contributed by atoms with Gasteiger partial charge in [-0.05, 0) is 6.92 Å². The van der Waals surface area contributed by atoms with Gasteiger partial charge in [-0.3, -0.25) is 0 Å². The van der Waals surface area contributed by atoms with Crippen molar-refractivity contribution in [1.29, 1.82) is 0 Å². The Hall–Kier alpha value is -1.59. The van der Waals surface area contributed by atoms with Crippen molar-refractivity contribution >= 4 is 6.03 Å². The Balaban J connectivity index is 2.05. The van der Waals surface area contributed by atoms with Crippen molar-refractivity contribution in [3.63, 3.8) is 0 Å². The summed E-state index contributed by atoms with van der Waals surface area (Å²) < 4.78 is 6.20. The van der Waals surface area contributed by atoms with Crippen molar-refractivity contribution in [3.05, 3.63) is 11.9 Å². The van der Waals surface area contributed by atoms with Crippen LogP contribution in [0.25, 0.3) is 0 Å². The zero-order chi connectivity index (χ0) is 15.6. The number of amides is 1. The highest BCUT2D eigenvalue weighted by molar-refractivity contribution is 5.76. The molecule has 0 aliphatic carbocycles. The average molecular weight is 302 g/mol. The lowest BCUT2D eigenvalue weighted by Crippen LogP contribution is -2.63. The first kappa shape index (κ1) is 15.8. The SMILES string of the molecule is C[C@@H]1O[C@H](CO)[C@H](O)[C@H](O)[C@H]1NC(=O)n1cc(CO)nn1. The van der Waals surface area contributed by atoms with Crippen molar-refractivity contribution in [2.45, 2.75) is 44.0 Å². The van der Waals surface area contributed by atoms with E-state index in [-0.39, 0.29) is 12.3 Å². The Kier molecular flexibility index (Phi) is 4.85. The molecule has 2 rings (SSSR count). The highest BCUT2D eigenvalue weighted by Crippen LogP contribution is 2.20. The number of carbonyl (C=O) groups excluding carboxylic acids is 1. The molecule has 21 heavy (non-hydrogen) atoms. The molecule has 1 fully saturated rings. The minimum absolute atomic E-state index is 0.221. The molecule has 1 aliphatic heterocycles. The van der Waals surface area contributed by atoms with Gasteiger partial charge in [0.2, 0.25) is 0 Å². The number of nitrogens with one attached hydrogen (secondary N) is 1. The first-order chi connectivity index (χ1) is 9.97. The summed E-state index contributed by atoms with van der Waals surface area (Å²) >= 11 is 0. The van der Waals surface area contributed by atoms with Gasteiger partial charge in [-0.2, -0.15) is 4.68 Å². The molecule has 1 amide bonds. The lowest BCUT2D eigenvalue weighted by molar-refractivity contribution is -0.187. The molecule has 2 heterocycles. The van der Waals surface area contributed by atoms with Crippen LogP contribution in [0, 0.1) is 0 Å². The van der Waals surface area contributed by atoms with E-state index >= 15 is 0 Å². The van der Waals surface area contributed by atoms with Crippen LogP contribution in [0.4, 0.5) is 4.79 Å². The summed E-state index contributed by atoms with van der Waals surface area (Å²) in [6.45, 7) is 0.811. The quantitative estimate of drug-likeness (QED) is 0.402. The molecular weight excluding hydrogens is 284 g/mol. The van der Waals surface area contributed by atoms with E-state index in [0.717, 1.165) is 4.68 Å². The number of nitrogens with zero attached hydrogens (tertiary/aromatic N) is 3. The van der Waals surface area contributed by atoms with E-state index in [1.165, 1.54) is 6.20 Å². The minimum Gasteiger partial charge on any atom is -0.394 e. The van der Waals surface area contributed by atoms with Gasteiger partial charge in [-0.25, -0.2) is 4.79 Å². The molecule has 5 atom stereocenters. The second kappa shape index (κ2) is 6.45. The molecule has 5 N–H and O–H groups in total. The smallest absolute Gasteiger partial charge is 0.343 e. The fourth-order valence-corrected chi connectivity index (χ4v) is 2.18. The van der Waals surface area contributed by atoms with Crippen LogP contribution < -0.4 is 5.32 Å². The van der Waals surface area contributed by atoms with Crippen LogP contribution in [0.3, 0.4) is 0 Å². The van der Waals surface area contributed by atoms with Gasteiger partial charge in [0.25, 0.3) is 0 Å². The van der Waals surface area contributed by atoms with Gasteiger partial charge < -0.3 is 30.5 Å². The summed E-state index contributed by atoms with van der Waals surface area (Å²) in [7, 11) is 0. The second-order valence-electron chi connectivity index (χ2n) is 4.83. The third kappa shape index (κ3) is 3.19. The number of rotatable bonds is 3. The number of hydrogen-bond acceptors (Lipinski definition) is 8. The Labute approximate surface area is 120 Å². The molecule has 0 radical (unpaired) electrons. The predicted molar refractivity (Wildman–Crippen MR) is 67.1 cm³/mol. The van der Waals surface area contributed by atoms with E-state index in [1.807, 2.05) is 0 Å². The number of hydrogen-bond donors (Lipinski definition) is 5. The van der Waals surface area contributed by atoms with Gasteiger partial charge in [0.15, 0.2) is 0 Å². The van der Waals surface area contributed by atoms with Gasteiger partial charge in [0.05, 0.1) is 31.6 Å². The number of aromatic nitrogens is 3. The van der Waals surface area contributed by atoms with Gasteiger partial charge in [-0.1, -0.05) is 5.21 Å². The van der Waals surface area contributed by atoms with Crippen molar-refractivity contribution < 1.29 is 30.0 Å². The Bertz CT molecular complexity index is 495. The molecule has 1 aromatic rings. The van der Waals surface area contributed by atoms with E-state index < -0.39 is 43.1 Å². The maximum atomic E-state index is 12.0. The first-order valence-electron chi connectivity index (χ1n) is 6.43. The van der Waals surface area contributed by atoms with Crippen LogP contribution in [0.2, 0.25) is 0 Å². The van der Waals surface area contributed by atoms with Gasteiger partial charge in [0.1, 0.15) is 24.0 Å². The van der Waals surface area contributed by atoms with Gasteiger partial charge >= 0.3 is 6.03 Å².